The van der Waals surface area contributed by atoms with Crippen LogP contribution in [0.3, 0.4) is 0 Å². The Kier molecular flexibility index (Phi) is 5.01. The molecule has 2 aromatic carbocycles. The average molecular weight is 377 g/mol. The van der Waals surface area contributed by atoms with E-state index >= 15 is 0 Å². The van der Waals surface area contributed by atoms with Gasteiger partial charge in [-0.2, -0.15) is 4.68 Å². The largest absolute Gasteiger partial charge is 0.497 e. The van der Waals surface area contributed by atoms with Crippen LogP contribution in [0, 0.1) is 0 Å². The van der Waals surface area contributed by atoms with Crippen molar-refractivity contribution >= 4 is 11.2 Å². The molecule has 0 aliphatic heterocycles. The van der Waals surface area contributed by atoms with E-state index in [2.05, 4.69) is 15.3 Å². The van der Waals surface area contributed by atoms with Crippen molar-refractivity contribution in [2.75, 3.05) is 13.7 Å². The molecule has 8 heteroatoms. The number of fused-ring (bicyclic) bond motifs is 1. The fraction of sp³-hybridized carbons (Fsp3) is 0.200. The van der Waals surface area contributed by atoms with Gasteiger partial charge in [0.25, 0.3) is 5.56 Å². The van der Waals surface area contributed by atoms with Gasteiger partial charge in [-0.15, -0.1) is 5.10 Å². The highest BCUT2D eigenvalue weighted by atomic mass is 16.5. The van der Waals surface area contributed by atoms with Crippen molar-refractivity contribution in [1.29, 1.82) is 0 Å². The minimum Gasteiger partial charge on any atom is -0.497 e. The van der Waals surface area contributed by atoms with Crippen molar-refractivity contribution in [3.05, 3.63) is 71.3 Å². The van der Waals surface area contributed by atoms with Crippen LogP contribution in [0.5, 0.6) is 11.5 Å². The molecule has 8 nitrogen and oxygen atoms in total. The Morgan fingerprint density at radius 2 is 1.75 bits per heavy atom. The van der Waals surface area contributed by atoms with Crippen LogP contribution in [0.1, 0.15) is 6.42 Å². The number of hydrogen-bond donors (Lipinski definition) is 0. The van der Waals surface area contributed by atoms with Crippen LogP contribution in [0.2, 0.25) is 0 Å². The van der Waals surface area contributed by atoms with Crippen molar-refractivity contribution in [3.63, 3.8) is 0 Å². The van der Waals surface area contributed by atoms with Gasteiger partial charge in [-0.25, -0.2) is 4.98 Å². The molecule has 0 atom stereocenters. The minimum atomic E-state index is -0.211. The van der Waals surface area contributed by atoms with Crippen molar-refractivity contribution in [1.82, 2.24) is 24.5 Å². The molecule has 0 amide bonds. The van der Waals surface area contributed by atoms with Gasteiger partial charge in [0.2, 0.25) is 0 Å². The molecule has 0 saturated heterocycles. The zero-order chi connectivity index (χ0) is 19.3. The highest BCUT2D eigenvalue weighted by Crippen LogP contribution is 2.17. The van der Waals surface area contributed by atoms with E-state index < -0.39 is 0 Å². The summed E-state index contributed by atoms with van der Waals surface area (Å²) in [5.41, 5.74) is 1.29. The second kappa shape index (κ2) is 7.91. The molecule has 2 aromatic heterocycles. The number of aromatic nitrogens is 5. The van der Waals surface area contributed by atoms with E-state index in [-0.39, 0.29) is 11.1 Å². The number of nitrogens with zero attached hydrogens (tertiary/aromatic N) is 5. The number of ether oxygens (including phenoxy) is 2. The van der Waals surface area contributed by atoms with Gasteiger partial charge < -0.3 is 9.47 Å². The molecule has 0 radical (unpaired) electrons. The highest BCUT2D eigenvalue weighted by Gasteiger charge is 2.12. The molecule has 0 N–H and O–H groups in total. The van der Waals surface area contributed by atoms with E-state index in [0.29, 0.717) is 25.2 Å². The number of aryl methyl sites for hydroxylation is 1. The van der Waals surface area contributed by atoms with Gasteiger partial charge in [0, 0.05) is 6.54 Å². The molecular formula is C20H19N5O3. The Labute approximate surface area is 161 Å². The molecule has 28 heavy (non-hydrogen) atoms. The molecule has 0 aliphatic rings. The first-order valence-electron chi connectivity index (χ1n) is 8.89. The molecule has 0 unspecified atom stereocenters. The Balaban J connectivity index is 1.43. The summed E-state index contributed by atoms with van der Waals surface area (Å²) < 4.78 is 13.9. The molecule has 0 aliphatic carbocycles. The van der Waals surface area contributed by atoms with Crippen LogP contribution in [0.25, 0.3) is 16.9 Å². The third kappa shape index (κ3) is 3.57. The van der Waals surface area contributed by atoms with Crippen LogP contribution in [-0.2, 0) is 6.54 Å². The molecule has 4 aromatic rings. The van der Waals surface area contributed by atoms with E-state index in [4.69, 9.17) is 9.47 Å². The van der Waals surface area contributed by atoms with Crippen LogP contribution < -0.4 is 15.0 Å². The van der Waals surface area contributed by atoms with Crippen LogP contribution in [-0.4, -0.2) is 38.3 Å². The van der Waals surface area contributed by atoms with Gasteiger partial charge in [-0.05, 0) is 42.8 Å². The van der Waals surface area contributed by atoms with Crippen LogP contribution >= 0.6 is 0 Å². The molecule has 4 rings (SSSR count). The smallest absolute Gasteiger partial charge is 0.283 e. The SMILES string of the molecule is COc1ccc(OCCCn2cnc3c(nnn3-c3ccccc3)c2=O)cc1. The third-order valence-electron chi connectivity index (χ3n) is 4.30. The van der Waals surface area contributed by atoms with Crippen molar-refractivity contribution in [2.45, 2.75) is 13.0 Å². The molecular weight excluding hydrogens is 358 g/mol. The maximum atomic E-state index is 12.7. The van der Waals surface area contributed by atoms with E-state index in [1.807, 2.05) is 54.6 Å². The summed E-state index contributed by atoms with van der Waals surface area (Å²) in [4.78, 5) is 17.0. The van der Waals surface area contributed by atoms with Crippen molar-refractivity contribution in [2.24, 2.45) is 0 Å². The predicted octanol–water partition coefficient (Wildman–Crippen LogP) is 2.45. The molecule has 0 bridgehead atoms. The van der Waals surface area contributed by atoms with Crippen LogP contribution in [0.4, 0.5) is 0 Å². The molecule has 0 fully saturated rings. The van der Waals surface area contributed by atoms with Gasteiger partial charge in [-0.3, -0.25) is 9.36 Å². The van der Waals surface area contributed by atoms with Gasteiger partial charge >= 0.3 is 0 Å². The number of rotatable bonds is 7. The number of methoxy groups -OCH3 is 1. The Morgan fingerprint density at radius 1 is 1.00 bits per heavy atom. The summed E-state index contributed by atoms with van der Waals surface area (Å²) in [6.07, 6.45) is 2.19. The summed E-state index contributed by atoms with van der Waals surface area (Å²) in [6, 6.07) is 16.9. The lowest BCUT2D eigenvalue weighted by molar-refractivity contribution is 0.300. The lowest BCUT2D eigenvalue weighted by atomic mass is 10.3. The summed E-state index contributed by atoms with van der Waals surface area (Å²) >= 11 is 0. The molecule has 142 valence electrons. The molecule has 0 saturated carbocycles. The molecule has 2 heterocycles. The maximum Gasteiger partial charge on any atom is 0.283 e. The zero-order valence-electron chi connectivity index (χ0n) is 15.4. The third-order valence-corrected chi connectivity index (χ3v) is 4.30. The first-order chi connectivity index (χ1) is 13.8. The number of benzene rings is 2. The second-order valence-corrected chi connectivity index (χ2v) is 6.13. The van der Waals surface area contributed by atoms with Gasteiger partial charge in [0.1, 0.15) is 17.8 Å². The summed E-state index contributed by atoms with van der Waals surface area (Å²) in [6.45, 7) is 0.962. The Hall–Kier alpha value is -3.68. The van der Waals surface area contributed by atoms with Crippen LogP contribution in [0.15, 0.2) is 65.7 Å². The monoisotopic (exact) mass is 377 g/mol. The Morgan fingerprint density at radius 3 is 2.50 bits per heavy atom. The lowest BCUT2D eigenvalue weighted by Crippen LogP contribution is -2.22. The van der Waals surface area contributed by atoms with Gasteiger partial charge in [0.15, 0.2) is 11.2 Å². The van der Waals surface area contributed by atoms with E-state index in [1.54, 1.807) is 11.8 Å². The quantitative estimate of drug-likeness (QED) is 0.460. The average Bonchev–Trinajstić information content (AvgIpc) is 3.18. The Bertz CT molecular complexity index is 1120. The zero-order valence-corrected chi connectivity index (χ0v) is 15.4. The van der Waals surface area contributed by atoms with Crippen molar-refractivity contribution < 1.29 is 9.47 Å². The van der Waals surface area contributed by atoms with E-state index in [9.17, 15) is 4.79 Å². The van der Waals surface area contributed by atoms with Crippen molar-refractivity contribution in [3.8, 4) is 17.2 Å². The first-order valence-corrected chi connectivity index (χ1v) is 8.89. The lowest BCUT2D eigenvalue weighted by Gasteiger charge is -2.08. The predicted molar refractivity (Wildman–Crippen MR) is 104 cm³/mol. The van der Waals surface area contributed by atoms with E-state index in [0.717, 1.165) is 17.2 Å². The standard InChI is InChI=1S/C20H19N5O3/c1-27-16-8-10-17(11-9-16)28-13-5-12-24-14-21-19-18(20(24)26)22-23-25(19)15-6-3-2-4-7-15/h2-4,6-11,14H,5,12-13H2,1H3. The fourth-order valence-electron chi connectivity index (χ4n) is 2.84. The first kappa shape index (κ1) is 17.7. The van der Waals surface area contributed by atoms with Gasteiger partial charge in [-0.1, -0.05) is 23.4 Å². The number of para-hydroxylation sites is 1. The number of hydrogen-bond acceptors (Lipinski definition) is 6. The van der Waals surface area contributed by atoms with Gasteiger partial charge in [0.05, 0.1) is 19.4 Å². The maximum absolute atomic E-state index is 12.7. The summed E-state index contributed by atoms with van der Waals surface area (Å²) in [5, 5.41) is 8.10. The minimum absolute atomic E-state index is 0.211. The second-order valence-electron chi connectivity index (χ2n) is 6.13. The highest BCUT2D eigenvalue weighted by molar-refractivity contribution is 5.70. The fourth-order valence-corrected chi connectivity index (χ4v) is 2.84. The normalized spacial score (nSPS) is 10.9. The van der Waals surface area contributed by atoms with E-state index in [1.165, 1.54) is 10.9 Å². The summed E-state index contributed by atoms with van der Waals surface area (Å²) in [7, 11) is 1.62. The summed E-state index contributed by atoms with van der Waals surface area (Å²) in [5.74, 6) is 1.54. The molecule has 0 spiro atoms. The topological polar surface area (TPSA) is 84.1 Å².